The monoisotopic (exact) mass is 357 g/mol. The molecule has 0 saturated heterocycles. The summed E-state index contributed by atoms with van der Waals surface area (Å²) in [6.45, 7) is 1.65. The van der Waals surface area contributed by atoms with Crippen LogP contribution in [0.5, 0.6) is 17.2 Å². The maximum Gasteiger partial charge on any atom is 0.262 e. The van der Waals surface area contributed by atoms with Crippen molar-refractivity contribution in [2.45, 2.75) is 19.3 Å². The van der Waals surface area contributed by atoms with Gasteiger partial charge in [0.1, 0.15) is 11.6 Å². The highest BCUT2D eigenvalue weighted by Gasteiger charge is 2.32. The van der Waals surface area contributed by atoms with Gasteiger partial charge in [-0.15, -0.1) is 0 Å². The standard InChI is InChI=1S/C19H16FNO5/c1-10-6-13(22)19-15(5-3-12(20)18(10)19)24-8-17(23)21-11-2-4-14-16(7-11)26-9-25-14/h2-5,7,10H,6,8-9H2,1H3,(H,21,23)/t10-/m1/s1. The van der Waals surface area contributed by atoms with Crippen molar-refractivity contribution in [3.63, 3.8) is 0 Å². The van der Waals surface area contributed by atoms with E-state index in [1.165, 1.54) is 12.1 Å². The average Bonchev–Trinajstić information content (AvgIpc) is 3.19. The maximum absolute atomic E-state index is 14.0. The third-order valence-corrected chi connectivity index (χ3v) is 4.43. The van der Waals surface area contributed by atoms with Crippen LogP contribution in [0.3, 0.4) is 0 Å². The zero-order valence-corrected chi connectivity index (χ0v) is 14.0. The number of fused-ring (bicyclic) bond motifs is 2. The molecular formula is C19H16FNO5. The molecule has 1 atom stereocenters. The molecule has 1 aliphatic heterocycles. The Bertz CT molecular complexity index is 911. The van der Waals surface area contributed by atoms with Gasteiger partial charge >= 0.3 is 0 Å². The van der Waals surface area contributed by atoms with E-state index in [1.54, 1.807) is 25.1 Å². The summed E-state index contributed by atoms with van der Waals surface area (Å²) >= 11 is 0. The Morgan fingerprint density at radius 1 is 1.27 bits per heavy atom. The summed E-state index contributed by atoms with van der Waals surface area (Å²) in [5.74, 6) is 0.225. The first-order chi connectivity index (χ1) is 12.5. The van der Waals surface area contributed by atoms with E-state index in [-0.39, 0.29) is 42.8 Å². The van der Waals surface area contributed by atoms with Gasteiger partial charge in [0.25, 0.3) is 5.91 Å². The number of ether oxygens (including phenoxy) is 3. The predicted molar refractivity (Wildman–Crippen MR) is 90.5 cm³/mol. The number of nitrogens with one attached hydrogen (secondary N) is 1. The lowest BCUT2D eigenvalue weighted by atomic mass is 10.0. The molecular weight excluding hydrogens is 341 g/mol. The molecule has 1 aliphatic carbocycles. The van der Waals surface area contributed by atoms with E-state index >= 15 is 0 Å². The highest BCUT2D eigenvalue weighted by molar-refractivity contribution is 6.04. The summed E-state index contributed by atoms with van der Waals surface area (Å²) in [7, 11) is 0. The van der Waals surface area contributed by atoms with E-state index < -0.39 is 11.7 Å². The van der Waals surface area contributed by atoms with Gasteiger partial charge in [0.15, 0.2) is 23.9 Å². The van der Waals surface area contributed by atoms with E-state index in [4.69, 9.17) is 14.2 Å². The van der Waals surface area contributed by atoms with Gasteiger partial charge in [-0.05, 0) is 30.2 Å². The van der Waals surface area contributed by atoms with Gasteiger partial charge in [-0.1, -0.05) is 6.92 Å². The van der Waals surface area contributed by atoms with Crippen LogP contribution in [0.15, 0.2) is 30.3 Å². The van der Waals surface area contributed by atoms with Gasteiger partial charge in [-0.2, -0.15) is 0 Å². The molecule has 0 fully saturated rings. The van der Waals surface area contributed by atoms with Crippen LogP contribution in [-0.4, -0.2) is 25.1 Å². The zero-order valence-electron chi connectivity index (χ0n) is 14.0. The van der Waals surface area contributed by atoms with Crippen molar-refractivity contribution in [2.75, 3.05) is 18.7 Å². The zero-order chi connectivity index (χ0) is 18.3. The second-order valence-electron chi connectivity index (χ2n) is 6.27. The molecule has 0 radical (unpaired) electrons. The Morgan fingerprint density at radius 2 is 2.08 bits per heavy atom. The van der Waals surface area contributed by atoms with Gasteiger partial charge in [-0.25, -0.2) is 4.39 Å². The van der Waals surface area contributed by atoms with E-state index in [0.717, 1.165) is 0 Å². The summed E-state index contributed by atoms with van der Waals surface area (Å²) in [5, 5.41) is 2.68. The first-order valence-electron chi connectivity index (χ1n) is 8.21. The average molecular weight is 357 g/mol. The maximum atomic E-state index is 14.0. The minimum absolute atomic E-state index is 0.151. The van der Waals surface area contributed by atoms with E-state index in [9.17, 15) is 14.0 Å². The second kappa shape index (κ2) is 6.33. The Balaban J connectivity index is 1.45. The third kappa shape index (κ3) is 2.85. The van der Waals surface area contributed by atoms with Gasteiger partial charge < -0.3 is 19.5 Å². The first kappa shape index (κ1) is 16.4. The highest BCUT2D eigenvalue weighted by Crippen LogP contribution is 2.39. The van der Waals surface area contributed by atoms with Crippen molar-refractivity contribution in [1.82, 2.24) is 0 Å². The molecule has 2 aliphatic rings. The molecule has 134 valence electrons. The van der Waals surface area contributed by atoms with Crippen LogP contribution in [-0.2, 0) is 4.79 Å². The lowest BCUT2D eigenvalue weighted by Gasteiger charge is -2.12. The molecule has 1 heterocycles. The number of Topliss-reactive ketones (excluding diaryl/α,β-unsaturated/α-hetero) is 1. The third-order valence-electron chi connectivity index (χ3n) is 4.43. The molecule has 2 aromatic carbocycles. The number of anilines is 1. The summed E-state index contributed by atoms with van der Waals surface area (Å²) < 4.78 is 29.9. The number of hydrogen-bond donors (Lipinski definition) is 1. The smallest absolute Gasteiger partial charge is 0.262 e. The minimum Gasteiger partial charge on any atom is -0.483 e. The number of ketones is 1. The van der Waals surface area contributed by atoms with Crippen LogP contribution in [0.2, 0.25) is 0 Å². The van der Waals surface area contributed by atoms with Gasteiger partial charge in [0, 0.05) is 23.7 Å². The largest absolute Gasteiger partial charge is 0.483 e. The van der Waals surface area contributed by atoms with Crippen LogP contribution in [0.25, 0.3) is 0 Å². The van der Waals surface area contributed by atoms with E-state index in [0.29, 0.717) is 22.7 Å². The SMILES string of the molecule is C[C@@H]1CC(=O)c2c(OCC(=O)Nc3ccc4c(c3)OCO4)ccc(F)c21. The number of carbonyl (C=O) groups is 2. The molecule has 2 aromatic rings. The first-order valence-corrected chi connectivity index (χ1v) is 8.21. The van der Waals surface area contributed by atoms with Crippen molar-refractivity contribution in [1.29, 1.82) is 0 Å². The molecule has 0 unspecified atom stereocenters. The fraction of sp³-hybridized carbons (Fsp3) is 0.263. The molecule has 0 bridgehead atoms. The second-order valence-corrected chi connectivity index (χ2v) is 6.27. The Kier molecular flexibility index (Phi) is 3.99. The summed E-state index contributed by atoms with van der Waals surface area (Å²) in [5.41, 5.74) is 1.15. The van der Waals surface area contributed by atoms with Crippen LogP contribution in [0.1, 0.15) is 35.2 Å². The van der Waals surface area contributed by atoms with Gasteiger partial charge in [-0.3, -0.25) is 9.59 Å². The lowest BCUT2D eigenvalue weighted by Crippen LogP contribution is -2.20. The molecule has 0 saturated carbocycles. The molecule has 6 nitrogen and oxygen atoms in total. The quantitative estimate of drug-likeness (QED) is 0.909. The highest BCUT2D eigenvalue weighted by atomic mass is 19.1. The molecule has 7 heteroatoms. The van der Waals surface area contributed by atoms with Crippen LogP contribution in [0.4, 0.5) is 10.1 Å². The fourth-order valence-electron chi connectivity index (χ4n) is 3.26. The Hall–Kier alpha value is -3.09. The molecule has 1 amide bonds. The number of carbonyl (C=O) groups excluding carboxylic acids is 2. The number of rotatable bonds is 4. The van der Waals surface area contributed by atoms with Crippen LogP contribution in [0, 0.1) is 5.82 Å². The van der Waals surface area contributed by atoms with E-state index in [2.05, 4.69) is 5.32 Å². The number of halogens is 1. The molecule has 0 spiro atoms. The van der Waals surface area contributed by atoms with Crippen molar-refractivity contribution >= 4 is 17.4 Å². The molecule has 0 aromatic heterocycles. The van der Waals surface area contributed by atoms with Crippen LogP contribution < -0.4 is 19.5 Å². The van der Waals surface area contributed by atoms with Crippen molar-refractivity contribution in [3.05, 3.63) is 47.3 Å². The molecule has 1 N–H and O–H groups in total. The Labute approximate surface area is 148 Å². The van der Waals surface area contributed by atoms with Gasteiger partial charge in [0.2, 0.25) is 6.79 Å². The summed E-state index contributed by atoms with van der Waals surface area (Å²) in [4.78, 5) is 24.3. The van der Waals surface area contributed by atoms with Crippen molar-refractivity contribution in [3.8, 4) is 17.2 Å². The van der Waals surface area contributed by atoms with Gasteiger partial charge in [0.05, 0.1) is 5.56 Å². The normalized spacial score (nSPS) is 17.2. The summed E-state index contributed by atoms with van der Waals surface area (Å²) in [6, 6.07) is 7.69. The molecule has 26 heavy (non-hydrogen) atoms. The number of benzene rings is 2. The topological polar surface area (TPSA) is 73.9 Å². The van der Waals surface area contributed by atoms with Crippen molar-refractivity contribution < 1.29 is 28.2 Å². The molecule has 4 rings (SSSR count). The van der Waals surface area contributed by atoms with Crippen molar-refractivity contribution in [2.24, 2.45) is 0 Å². The minimum atomic E-state index is -0.421. The van der Waals surface area contributed by atoms with E-state index in [1.807, 2.05) is 0 Å². The fourth-order valence-corrected chi connectivity index (χ4v) is 3.26. The summed E-state index contributed by atoms with van der Waals surface area (Å²) in [6.07, 6.45) is 0.246. The number of hydrogen-bond acceptors (Lipinski definition) is 5. The van der Waals surface area contributed by atoms with Crippen LogP contribution >= 0.6 is 0 Å². The number of amides is 1. The predicted octanol–water partition coefficient (Wildman–Crippen LogP) is 3.26. The lowest BCUT2D eigenvalue weighted by molar-refractivity contribution is -0.118. The Morgan fingerprint density at radius 3 is 2.92 bits per heavy atom.